The molecule has 0 N–H and O–H groups in total. The van der Waals surface area contributed by atoms with E-state index in [-0.39, 0.29) is 5.91 Å². The summed E-state index contributed by atoms with van der Waals surface area (Å²) >= 11 is 1.54. The van der Waals surface area contributed by atoms with Crippen molar-refractivity contribution in [3.63, 3.8) is 0 Å². The van der Waals surface area contributed by atoms with E-state index in [1.165, 1.54) is 16.9 Å². The minimum atomic E-state index is -0.213. The second-order valence-corrected chi connectivity index (χ2v) is 6.73. The fourth-order valence-corrected chi connectivity index (χ4v) is 3.65. The van der Waals surface area contributed by atoms with Crippen molar-refractivity contribution in [2.45, 2.75) is 6.92 Å². The Kier molecular flexibility index (Phi) is 4.05. The fourth-order valence-electron chi connectivity index (χ4n) is 2.56. The first kappa shape index (κ1) is 15.5. The van der Waals surface area contributed by atoms with E-state index in [2.05, 4.69) is 24.0 Å². The number of carbonyl (C=O) groups excluding carboxylic acids is 1. The molecule has 4 nitrogen and oxygen atoms in total. The number of amides is 1. The van der Waals surface area contributed by atoms with Crippen LogP contribution in [-0.4, -0.2) is 24.6 Å². The highest BCUT2D eigenvalue weighted by atomic mass is 32.1. The number of benzene rings is 2. The van der Waals surface area contributed by atoms with E-state index in [1.54, 1.807) is 0 Å². The van der Waals surface area contributed by atoms with E-state index in [4.69, 9.17) is 0 Å². The molecule has 5 heteroatoms. The van der Waals surface area contributed by atoms with Gasteiger partial charge in [-0.25, -0.2) is 0 Å². The standard InChI is InChI=1S/C18H19N3OS/c1-12-6-5-7-15-16(12)21(4)18(23-15)19-17(22)13-8-10-14(11-9-13)20(2)3/h5-11H,1-4H3. The van der Waals surface area contributed by atoms with Gasteiger partial charge in [0.1, 0.15) is 0 Å². The lowest BCUT2D eigenvalue weighted by Gasteiger charge is -2.11. The average molecular weight is 325 g/mol. The van der Waals surface area contributed by atoms with Gasteiger partial charge in [-0.05, 0) is 42.8 Å². The van der Waals surface area contributed by atoms with E-state index >= 15 is 0 Å². The Labute approximate surface area is 139 Å². The number of para-hydroxylation sites is 1. The molecule has 2 aromatic carbocycles. The fraction of sp³-hybridized carbons (Fsp3) is 0.222. The zero-order chi connectivity index (χ0) is 16.6. The molecule has 0 spiro atoms. The van der Waals surface area contributed by atoms with Gasteiger partial charge in [0.2, 0.25) is 0 Å². The molecule has 0 bridgehead atoms. The van der Waals surface area contributed by atoms with Crippen LogP contribution in [0.5, 0.6) is 0 Å². The number of nitrogens with zero attached hydrogens (tertiary/aromatic N) is 3. The van der Waals surface area contributed by atoms with Crippen molar-refractivity contribution in [2.24, 2.45) is 12.0 Å². The summed E-state index contributed by atoms with van der Waals surface area (Å²) in [6.07, 6.45) is 0. The Morgan fingerprint density at radius 2 is 1.83 bits per heavy atom. The minimum absolute atomic E-state index is 0.213. The third kappa shape index (κ3) is 2.92. The van der Waals surface area contributed by atoms with Crippen LogP contribution in [0.2, 0.25) is 0 Å². The zero-order valence-electron chi connectivity index (χ0n) is 13.7. The Bertz CT molecular complexity index is 933. The van der Waals surface area contributed by atoms with Crippen LogP contribution in [0.15, 0.2) is 47.5 Å². The van der Waals surface area contributed by atoms with E-state index in [9.17, 15) is 4.79 Å². The Hall–Kier alpha value is -2.40. The molecule has 23 heavy (non-hydrogen) atoms. The summed E-state index contributed by atoms with van der Waals surface area (Å²) in [4.78, 5) is 19.5. The van der Waals surface area contributed by atoms with Crippen LogP contribution in [0, 0.1) is 6.92 Å². The zero-order valence-corrected chi connectivity index (χ0v) is 14.5. The van der Waals surface area contributed by atoms with Gasteiger partial charge in [0, 0.05) is 32.4 Å². The first-order chi connectivity index (χ1) is 11.0. The van der Waals surface area contributed by atoms with Gasteiger partial charge in [0.05, 0.1) is 10.2 Å². The molecule has 1 amide bonds. The molecule has 118 valence electrons. The van der Waals surface area contributed by atoms with Gasteiger partial charge in [0.25, 0.3) is 5.91 Å². The van der Waals surface area contributed by atoms with Crippen molar-refractivity contribution in [3.05, 3.63) is 58.4 Å². The number of anilines is 1. The molecule has 0 atom stereocenters. The van der Waals surface area contributed by atoms with Crippen molar-refractivity contribution < 1.29 is 4.79 Å². The molecule has 3 rings (SSSR count). The third-order valence-electron chi connectivity index (χ3n) is 3.85. The van der Waals surface area contributed by atoms with E-state index in [0.29, 0.717) is 5.56 Å². The molecule has 0 unspecified atom stereocenters. The van der Waals surface area contributed by atoms with E-state index < -0.39 is 0 Å². The predicted molar refractivity (Wildman–Crippen MR) is 96.2 cm³/mol. The highest BCUT2D eigenvalue weighted by Gasteiger charge is 2.08. The van der Waals surface area contributed by atoms with E-state index in [1.807, 2.05) is 60.9 Å². The summed E-state index contributed by atoms with van der Waals surface area (Å²) in [6.45, 7) is 2.07. The summed E-state index contributed by atoms with van der Waals surface area (Å²) < 4.78 is 3.13. The summed E-state index contributed by atoms with van der Waals surface area (Å²) in [5.41, 5.74) is 3.98. The largest absolute Gasteiger partial charge is 0.378 e. The van der Waals surface area contributed by atoms with Crippen LogP contribution in [0.3, 0.4) is 0 Å². The number of carbonyl (C=O) groups is 1. The molecule has 0 saturated heterocycles. The predicted octanol–water partition coefficient (Wildman–Crippen LogP) is 3.36. The maximum atomic E-state index is 12.4. The first-order valence-electron chi connectivity index (χ1n) is 7.39. The Morgan fingerprint density at radius 3 is 2.43 bits per heavy atom. The van der Waals surface area contributed by atoms with Gasteiger partial charge in [0.15, 0.2) is 4.80 Å². The number of fused-ring (bicyclic) bond motifs is 1. The summed E-state index contributed by atoms with van der Waals surface area (Å²) in [5.74, 6) is -0.213. The summed E-state index contributed by atoms with van der Waals surface area (Å²) in [5, 5.41) is 0. The highest BCUT2D eigenvalue weighted by molar-refractivity contribution is 7.16. The highest BCUT2D eigenvalue weighted by Crippen LogP contribution is 2.20. The number of hydrogen-bond acceptors (Lipinski definition) is 3. The number of hydrogen-bond donors (Lipinski definition) is 0. The maximum Gasteiger partial charge on any atom is 0.279 e. The molecule has 1 aromatic heterocycles. The molecule has 0 aliphatic heterocycles. The topological polar surface area (TPSA) is 37.6 Å². The second kappa shape index (κ2) is 6.01. The lowest BCUT2D eigenvalue weighted by Crippen LogP contribution is -2.14. The number of aromatic nitrogens is 1. The number of rotatable bonds is 2. The lowest BCUT2D eigenvalue weighted by molar-refractivity contribution is 0.0998. The monoisotopic (exact) mass is 325 g/mol. The van der Waals surface area contributed by atoms with Crippen LogP contribution < -0.4 is 9.70 Å². The van der Waals surface area contributed by atoms with Gasteiger partial charge in [-0.3, -0.25) is 4.79 Å². The molecular formula is C18H19N3OS. The molecular weight excluding hydrogens is 306 g/mol. The van der Waals surface area contributed by atoms with Crippen LogP contribution in [0.25, 0.3) is 10.2 Å². The normalized spacial score (nSPS) is 11.9. The maximum absolute atomic E-state index is 12.4. The van der Waals surface area contributed by atoms with E-state index in [0.717, 1.165) is 20.7 Å². The van der Waals surface area contributed by atoms with Gasteiger partial charge in [-0.15, -0.1) is 0 Å². The van der Waals surface area contributed by atoms with Crippen LogP contribution >= 0.6 is 11.3 Å². The summed E-state index contributed by atoms with van der Waals surface area (Å²) in [7, 11) is 5.90. The lowest BCUT2D eigenvalue weighted by atomic mass is 10.2. The number of aryl methyl sites for hydroxylation is 2. The quantitative estimate of drug-likeness (QED) is 0.724. The molecule has 3 aromatic rings. The first-order valence-corrected chi connectivity index (χ1v) is 8.20. The van der Waals surface area contributed by atoms with Gasteiger partial charge in [-0.2, -0.15) is 4.99 Å². The number of thiazole rings is 1. The smallest absolute Gasteiger partial charge is 0.279 e. The average Bonchev–Trinajstić information content (AvgIpc) is 2.85. The van der Waals surface area contributed by atoms with Crippen molar-refractivity contribution in [1.82, 2.24) is 4.57 Å². The van der Waals surface area contributed by atoms with Crippen LogP contribution in [0.4, 0.5) is 5.69 Å². The Morgan fingerprint density at radius 1 is 1.13 bits per heavy atom. The minimum Gasteiger partial charge on any atom is -0.378 e. The van der Waals surface area contributed by atoms with Crippen molar-refractivity contribution in [3.8, 4) is 0 Å². The molecule has 0 saturated carbocycles. The van der Waals surface area contributed by atoms with Crippen molar-refractivity contribution in [2.75, 3.05) is 19.0 Å². The van der Waals surface area contributed by atoms with Crippen molar-refractivity contribution in [1.29, 1.82) is 0 Å². The van der Waals surface area contributed by atoms with Crippen LogP contribution in [-0.2, 0) is 7.05 Å². The molecule has 0 aliphatic rings. The van der Waals surface area contributed by atoms with Crippen molar-refractivity contribution >= 4 is 33.1 Å². The van der Waals surface area contributed by atoms with Crippen LogP contribution in [0.1, 0.15) is 15.9 Å². The molecule has 0 radical (unpaired) electrons. The van der Waals surface area contributed by atoms with Gasteiger partial charge < -0.3 is 9.47 Å². The molecule has 1 heterocycles. The molecule has 0 fully saturated rings. The second-order valence-electron chi connectivity index (χ2n) is 5.72. The van der Waals surface area contributed by atoms with Gasteiger partial charge >= 0.3 is 0 Å². The van der Waals surface area contributed by atoms with Gasteiger partial charge in [-0.1, -0.05) is 23.5 Å². The SMILES string of the molecule is Cc1cccc2sc(=NC(=O)c3ccc(N(C)C)cc3)n(C)c12. The third-order valence-corrected chi connectivity index (χ3v) is 4.95. The Balaban J connectivity index is 2.02. The molecule has 0 aliphatic carbocycles. The summed E-state index contributed by atoms with van der Waals surface area (Å²) in [6, 6.07) is 13.7.